The Morgan fingerprint density at radius 2 is 2.25 bits per heavy atom. The van der Waals surface area contributed by atoms with Gasteiger partial charge in [-0.15, -0.1) is 0 Å². The number of H-pyrrole nitrogens is 1. The molecule has 5 nitrogen and oxygen atoms in total. The third-order valence-electron chi connectivity index (χ3n) is 4.36. The van der Waals surface area contributed by atoms with Gasteiger partial charge in [0.15, 0.2) is 0 Å². The minimum Gasteiger partial charge on any atom is -0.444 e. The van der Waals surface area contributed by atoms with Crippen molar-refractivity contribution in [3.8, 4) is 0 Å². The summed E-state index contributed by atoms with van der Waals surface area (Å²) in [4.78, 5) is 17.2. The predicted molar refractivity (Wildman–Crippen MR) is 94.9 cm³/mol. The summed E-state index contributed by atoms with van der Waals surface area (Å²) >= 11 is 0. The number of likely N-dealkylation sites (tertiary alicyclic amines) is 1. The molecule has 1 fully saturated rings. The molecule has 0 unspecified atom stereocenters. The van der Waals surface area contributed by atoms with Gasteiger partial charge in [-0.05, 0) is 71.4 Å². The Hall–Kier alpha value is -1.49. The van der Waals surface area contributed by atoms with Crippen molar-refractivity contribution >= 4 is 6.09 Å². The highest BCUT2D eigenvalue weighted by Gasteiger charge is 2.27. The highest BCUT2D eigenvalue weighted by atomic mass is 16.6. The van der Waals surface area contributed by atoms with E-state index in [2.05, 4.69) is 11.9 Å². The molecule has 0 spiro atoms. The number of carbonyl (C=O) groups is 1. The van der Waals surface area contributed by atoms with Crippen LogP contribution in [0.4, 0.5) is 4.79 Å². The van der Waals surface area contributed by atoms with E-state index < -0.39 is 5.60 Å². The van der Waals surface area contributed by atoms with Gasteiger partial charge in [0.1, 0.15) is 5.60 Å². The summed E-state index contributed by atoms with van der Waals surface area (Å²) in [5, 5.41) is 0. The molecular weight excluding hydrogens is 304 g/mol. The van der Waals surface area contributed by atoms with E-state index in [1.165, 1.54) is 6.42 Å². The number of piperidine rings is 1. The number of ether oxygens (including phenoxy) is 2. The number of carbonyl (C=O) groups excluding carboxylic acids is 1. The van der Waals surface area contributed by atoms with E-state index in [0.29, 0.717) is 5.92 Å². The van der Waals surface area contributed by atoms with Crippen molar-refractivity contribution in [2.24, 2.45) is 5.92 Å². The lowest BCUT2D eigenvalue weighted by Gasteiger charge is -2.34. The molecule has 0 bridgehead atoms. The molecule has 1 N–H and O–H groups in total. The zero-order valence-electron chi connectivity index (χ0n) is 15.5. The normalized spacial score (nSPS) is 20.0. The van der Waals surface area contributed by atoms with E-state index >= 15 is 0 Å². The van der Waals surface area contributed by atoms with Crippen LogP contribution in [0.25, 0.3) is 0 Å². The number of hydrogen-bond donors (Lipinski definition) is 1. The van der Waals surface area contributed by atoms with Gasteiger partial charge < -0.3 is 19.4 Å². The summed E-state index contributed by atoms with van der Waals surface area (Å²) in [6, 6.07) is 4.03. The molecule has 0 aliphatic carbocycles. The van der Waals surface area contributed by atoms with Gasteiger partial charge in [0.05, 0.1) is 6.10 Å². The summed E-state index contributed by atoms with van der Waals surface area (Å²) in [6.45, 7) is 10.2. The number of amides is 1. The maximum absolute atomic E-state index is 12.2. The Balaban J connectivity index is 1.66. The smallest absolute Gasteiger partial charge is 0.410 e. The summed E-state index contributed by atoms with van der Waals surface area (Å²) in [7, 11) is 0. The van der Waals surface area contributed by atoms with Gasteiger partial charge in [-0.25, -0.2) is 4.79 Å². The molecule has 1 aliphatic rings. The Labute approximate surface area is 145 Å². The van der Waals surface area contributed by atoms with E-state index in [-0.39, 0.29) is 12.2 Å². The highest BCUT2D eigenvalue weighted by molar-refractivity contribution is 5.68. The molecule has 1 amide bonds. The van der Waals surface area contributed by atoms with Crippen LogP contribution >= 0.6 is 0 Å². The number of nitrogens with one attached hydrogen (secondary N) is 1. The maximum atomic E-state index is 12.2. The fourth-order valence-corrected chi connectivity index (χ4v) is 3.11. The van der Waals surface area contributed by atoms with Crippen molar-refractivity contribution in [1.82, 2.24) is 9.88 Å². The summed E-state index contributed by atoms with van der Waals surface area (Å²) in [6.07, 6.45) is 6.21. The largest absolute Gasteiger partial charge is 0.444 e. The molecule has 136 valence electrons. The van der Waals surface area contributed by atoms with Gasteiger partial charge in [0.25, 0.3) is 0 Å². The minimum atomic E-state index is -0.425. The van der Waals surface area contributed by atoms with E-state index in [1.807, 2.05) is 44.0 Å². The first-order valence-electron chi connectivity index (χ1n) is 9.08. The molecule has 2 atom stereocenters. The Morgan fingerprint density at radius 1 is 1.46 bits per heavy atom. The molecule has 1 saturated heterocycles. The number of rotatable bonds is 6. The highest BCUT2D eigenvalue weighted by Crippen LogP contribution is 2.23. The van der Waals surface area contributed by atoms with Crippen LogP contribution in [-0.2, 0) is 9.47 Å². The Kier molecular flexibility index (Phi) is 6.72. The second-order valence-corrected chi connectivity index (χ2v) is 7.72. The second kappa shape index (κ2) is 8.56. The lowest BCUT2D eigenvalue weighted by atomic mass is 9.94. The summed E-state index contributed by atoms with van der Waals surface area (Å²) in [5.74, 6) is 0.552. The molecular formula is C19H32N2O3. The third-order valence-corrected chi connectivity index (χ3v) is 4.36. The molecule has 1 aliphatic heterocycles. The SMILES string of the molecule is C[C@H](OCCC[C@H]1CCCN(C(=O)OC(C)(C)C)C1)c1ccc[nH]1. The van der Waals surface area contributed by atoms with Crippen molar-refractivity contribution in [2.45, 2.75) is 65.1 Å². The molecule has 0 saturated carbocycles. The van der Waals surface area contributed by atoms with Gasteiger partial charge >= 0.3 is 6.09 Å². The zero-order chi connectivity index (χ0) is 17.6. The van der Waals surface area contributed by atoms with Crippen LogP contribution in [0.2, 0.25) is 0 Å². The standard InChI is InChI=1S/C19H32N2O3/c1-15(17-10-5-11-20-17)23-13-7-9-16-8-6-12-21(14-16)18(22)24-19(2,3)4/h5,10-11,15-16,20H,6-9,12-14H2,1-4H3/t15-,16+/m0/s1. The van der Waals surface area contributed by atoms with Crippen molar-refractivity contribution in [3.63, 3.8) is 0 Å². The average Bonchev–Trinajstić information content (AvgIpc) is 3.04. The number of aromatic amines is 1. The summed E-state index contributed by atoms with van der Waals surface area (Å²) in [5.41, 5.74) is 0.690. The quantitative estimate of drug-likeness (QED) is 0.777. The van der Waals surface area contributed by atoms with Crippen LogP contribution in [0.3, 0.4) is 0 Å². The number of aromatic nitrogens is 1. The molecule has 0 radical (unpaired) electrons. The molecule has 0 aromatic carbocycles. The van der Waals surface area contributed by atoms with Crippen LogP contribution in [0.1, 0.15) is 65.2 Å². The average molecular weight is 336 g/mol. The first-order valence-corrected chi connectivity index (χ1v) is 9.08. The first-order chi connectivity index (χ1) is 11.3. The molecule has 1 aromatic heterocycles. The van der Waals surface area contributed by atoms with E-state index in [0.717, 1.165) is 44.7 Å². The topological polar surface area (TPSA) is 54.6 Å². The number of hydrogen-bond acceptors (Lipinski definition) is 3. The van der Waals surface area contributed by atoms with Crippen molar-refractivity contribution < 1.29 is 14.3 Å². The van der Waals surface area contributed by atoms with Gasteiger partial charge in [0, 0.05) is 31.6 Å². The Bertz CT molecular complexity index is 493. The van der Waals surface area contributed by atoms with Crippen LogP contribution in [0, 0.1) is 5.92 Å². The van der Waals surface area contributed by atoms with Crippen LogP contribution in [0.15, 0.2) is 18.3 Å². The fraction of sp³-hybridized carbons (Fsp3) is 0.737. The summed E-state index contributed by atoms with van der Waals surface area (Å²) < 4.78 is 11.4. The van der Waals surface area contributed by atoms with Crippen LogP contribution < -0.4 is 0 Å². The molecule has 1 aromatic rings. The van der Waals surface area contributed by atoms with E-state index in [1.54, 1.807) is 0 Å². The lowest BCUT2D eigenvalue weighted by Crippen LogP contribution is -2.42. The second-order valence-electron chi connectivity index (χ2n) is 7.72. The monoisotopic (exact) mass is 336 g/mol. The van der Waals surface area contributed by atoms with Gasteiger partial charge in [-0.2, -0.15) is 0 Å². The molecule has 24 heavy (non-hydrogen) atoms. The molecule has 2 heterocycles. The number of nitrogens with zero attached hydrogens (tertiary/aromatic N) is 1. The van der Waals surface area contributed by atoms with Gasteiger partial charge in [-0.3, -0.25) is 0 Å². The van der Waals surface area contributed by atoms with Gasteiger partial charge in [0.2, 0.25) is 0 Å². The van der Waals surface area contributed by atoms with Gasteiger partial charge in [-0.1, -0.05) is 0 Å². The van der Waals surface area contributed by atoms with E-state index in [9.17, 15) is 4.79 Å². The Morgan fingerprint density at radius 3 is 2.92 bits per heavy atom. The zero-order valence-corrected chi connectivity index (χ0v) is 15.5. The minimum absolute atomic E-state index is 0.101. The predicted octanol–water partition coefficient (Wildman–Crippen LogP) is 4.52. The van der Waals surface area contributed by atoms with Crippen LogP contribution in [-0.4, -0.2) is 41.3 Å². The first kappa shape index (κ1) is 18.8. The van der Waals surface area contributed by atoms with Crippen LogP contribution in [0.5, 0.6) is 0 Å². The molecule has 5 heteroatoms. The van der Waals surface area contributed by atoms with Crippen molar-refractivity contribution in [1.29, 1.82) is 0 Å². The maximum Gasteiger partial charge on any atom is 0.410 e. The van der Waals surface area contributed by atoms with E-state index in [4.69, 9.17) is 9.47 Å². The van der Waals surface area contributed by atoms with Crippen molar-refractivity contribution in [2.75, 3.05) is 19.7 Å². The third kappa shape index (κ3) is 6.19. The molecule has 2 rings (SSSR count). The fourth-order valence-electron chi connectivity index (χ4n) is 3.11. The van der Waals surface area contributed by atoms with Crippen molar-refractivity contribution in [3.05, 3.63) is 24.0 Å². The lowest BCUT2D eigenvalue weighted by molar-refractivity contribution is 0.0148.